The molecule has 4 fully saturated rings. The molecule has 0 radical (unpaired) electrons. The molecule has 5 heteroatoms. The van der Waals surface area contributed by atoms with Crippen molar-refractivity contribution in [1.29, 1.82) is 0 Å². The van der Waals surface area contributed by atoms with Gasteiger partial charge in [-0.3, -0.25) is 4.99 Å². The Bertz CT molecular complexity index is 507. The SMILES string of the molecule is CN=C(NC1C2CCOC2C1(C)C)N1CCC(OCC2CCCC2)CC1. The fourth-order valence-corrected chi connectivity index (χ4v) is 5.74. The van der Waals surface area contributed by atoms with Crippen LogP contribution in [0.4, 0.5) is 0 Å². The Balaban J connectivity index is 1.25. The van der Waals surface area contributed by atoms with Gasteiger partial charge in [0.15, 0.2) is 5.96 Å². The molecule has 0 spiro atoms. The molecule has 0 aromatic heterocycles. The number of nitrogens with zero attached hydrogens (tertiary/aromatic N) is 2. The van der Waals surface area contributed by atoms with Crippen molar-refractivity contribution < 1.29 is 9.47 Å². The third-order valence-corrected chi connectivity index (χ3v) is 7.38. The summed E-state index contributed by atoms with van der Waals surface area (Å²) in [5, 5.41) is 3.78. The van der Waals surface area contributed by atoms with Gasteiger partial charge in [-0.05, 0) is 38.0 Å². The second-order valence-corrected chi connectivity index (χ2v) is 9.40. The molecular formula is C21H37N3O2. The number of hydrogen-bond acceptors (Lipinski definition) is 3. The second kappa shape index (κ2) is 7.67. The molecule has 2 aliphatic heterocycles. The van der Waals surface area contributed by atoms with Gasteiger partial charge in [0, 0.05) is 50.7 Å². The van der Waals surface area contributed by atoms with Gasteiger partial charge < -0.3 is 19.7 Å². The Morgan fingerprint density at radius 2 is 1.88 bits per heavy atom. The van der Waals surface area contributed by atoms with Crippen LogP contribution < -0.4 is 5.32 Å². The number of aliphatic imine (C=N–C) groups is 1. The number of likely N-dealkylation sites (tertiary alicyclic amines) is 1. The first-order chi connectivity index (χ1) is 12.6. The maximum Gasteiger partial charge on any atom is 0.193 e. The third kappa shape index (κ3) is 3.49. The lowest BCUT2D eigenvalue weighted by Crippen LogP contribution is -2.68. The smallest absolute Gasteiger partial charge is 0.193 e. The lowest BCUT2D eigenvalue weighted by atomic mass is 9.57. The van der Waals surface area contributed by atoms with E-state index >= 15 is 0 Å². The Hall–Kier alpha value is -0.810. The van der Waals surface area contributed by atoms with Crippen molar-refractivity contribution in [2.24, 2.45) is 22.2 Å². The van der Waals surface area contributed by atoms with Gasteiger partial charge in [-0.25, -0.2) is 0 Å². The summed E-state index contributed by atoms with van der Waals surface area (Å²) >= 11 is 0. The highest BCUT2D eigenvalue weighted by Crippen LogP contribution is 2.52. The average Bonchev–Trinajstić information content (AvgIpc) is 3.32. The second-order valence-electron chi connectivity index (χ2n) is 9.40. The first-order valence-corrected chi connectivity index (χ1v) is 10.8. The number of rotatable bonds is 4. The van der Waals surface area contributed by atoms with Gasteiger partial charge in [0.1, 0.15) is 0 Å². The van der Waals surface area contributed by atoms with Crippen LogP contribution in [0.3, 0.4) is 0 Å². The predicted octanol–water partition coefficient (Wildman–Crippen LogP) is 3.05. The molecular weight excluding hydrogens is 326 g/mol. The van der Waals surface area contributed by atoms with Crippen molar-refractivity contribution >= 4 is 5.96 Å². The summed E-state index contributed by atoms with van der Waals surface area (Å²) in [6.07, 6.45) is 9.84. The van der Waals surface area contributed by atoms with Gasteiger partial charge in [-0.2, -0.15) is 0 Å². The lowest BCUT2D eigenvalue weighted by molar-refractivity contribution is -0.107. The van der Waals surface area contributed by atoms with Crippen LogP contribution in [0.5, 0.6) is 0 Å². The van der Waals surface area contributed by atoms with Crippen LogP contribution in [-0.4, -0.2) is 62.5 Å². The predicted molar refractivity (Wildman–Crippen MR) is 104 cm³/mol. The standard InChI is InChI=1S/C21H37N3O2/c1-21(2)18(17-10-13-25-19(17)21)23-20(22-3)24-11-8-16(9-12-24)26-14-15-6-4-5-7-15/h15-19H,4-14H2,1-3H3,(H,22,23). The number of nitrogens with one attached hydrogen (secondary N) is 1. The molecule has 3 unspecified atom stereocenters. The molecule has 0 amide bonds. The van der Waals surface area contributed by atoms with E-state index in [1.165, 1.54) is 32.1 Å². The third-order valence-electron chi connectivity index (χ3n) is 7.38. The molecule has 2 saturated heterocycles. The van der Waals surface area contributed by atoms with E-state index in [4.69, 9.17) is 9.47 Å². The van der Waals surface area contributed by atoms with Crippen molar-refractivity contribution in [2.45, 2.75) is 77.0 Å². The summed E-state index contributed by atoms with van der Waals surface area (Å²) in [6.45, 7) is 8.65. The van der Waals surface area contributed by atoms with Crippen LogP contribution in [0.1, 0.15) is 58.8 Å². The maximum atomic E-state index is 6.23. The van der Waals surface area contributed by atoms with E-state index in [1.807, 2.05) is 7.05 Å². The Kier molecular flexibility index (Phi) is 5.47. The molecule has 0 aromatic carbocycles. The quantitative estimate of drug-likeness (QED) is 0.616. The van der Waals surface area contributed by atoms with Gasteiger partial charge in [0.2, 0.25) is 0 Å². The molecule has 148 valence electrons. The number of fused-ring (bicyclic) bond motifs is 1. The van der Waals surface area contributed by atoms with Crippen LogP contribution >= 0.6 is 0 Å². The minimum atomic E-state index is 0.194. The molecule has 2 heterocycles. The Labute approximate surface area is 158 Å². The first kappa shape index (κ1) is 18.5. The van der Waals surface area contributed by atoms with Crippen LogP contribution in [0.15, 0.2) is 4.99 Å². The average molecular weight is 364 g/mol. The highest BCUT2D eigenvalue weighted by molar-refractivity contribution is 5.80. The minimum Gasteiger partial charge on any atom is -0.378 e. The van der Waals surface area contributed by atoms with E-state index < -0.39 is 0 Å². The van der Waals surface area contributed by atoms with Gasteiger partial charge in [0.25, 0.3) is 0 Å². The molecule has 4 rings (SSSR count). The molecule has 4 aliphatic rings. The van der Waals surface area contributed by atoms with Gasteiger partial charge in [0.05, 0.1) is 12.2 Å². The summed E-state index contributed by atoms with van der Waals surface area (Å²) in [5.41, 5.74) is 0.194. The summed E-state index contributed by atoms with van der Waals surface area (Å²) in [6, 6.07) is 0.477. The van der Waals surface area contributed by atoms with Crippen molar-refractivity contribution in [3.05, 3.63) is 0 Å². The normalized spacial score (nSPS) is 35.4. The van der Waals surface area contributed by atoms with Crippen LogP contribution in [-0.2, 0) is 9.47 Å². The van der Waals surface area contributed by atoms with Crippen molar-refractivity contribution in [1.82, 2.24) is 10.2 Å². The largest absolute Gasteiger partial charge is 0.378 e. The molecule has 26 heavy (non-hydrogen) atoms. The Morgan fingerprint density at radius 1 is 1.15 bits per heavy atom. The number of ether oxygens (including phenoxy) is 2. The van der Waals surface area contributed by atoms with E-state index in [0.29, 0.717) is 24.2 Å². The van der Waals surface area contributed by atoms with Crippen LogP contribution in [0.25, 0.3) is 0 Å². The van der Waals surface area contributed by atoms with Gasteiger partial charge in [-0.1, -0.05) is 26.7 Å². The van der Waals surface area contributed by atoms with Gasteiger partial charge in [-0.15, -0.1) is 0 Å². The molecule has 1 N–H and O–H groups in total. The molecule has 0 aromatic rings. The van der Waals surface area contributed by atoms with E-state index in [-0.39, 0.29) is 5.41 Å². The van der Waals surface area contributed by atoms with E-state index in [0.717, 1.165) is 51.0 Å². The number of hydrogen-bond donors (Lipinski definition) is 1. The minimum absolute atomic E-state index is 0.194. The number of piperidine rings is 1. The highest BCUT2D eigenvalue weighted by atomic mass is 16.5. The van der Waals surface area contributed by atoms with Gasteiger partial charge >= 0.3 is 0 Å². The summed E-state index contributed by atoms with van der Waals surface area (Å²) in [7, 11) is 1.92. The topological polar surface area (TPSA) is 46.1 Å². The highest BCUT2D eigenvalue weighted by Gasteiger charge is 2.59. The first-order valence-electron chi connectivity index (χ1n) is 10.8. The molecule has 2 saturated carbocycles. The van der Waals surface area contributed by atoms with Crippen LogP contribution in [0, 0.1) is 17.3 Å². The van der Waals surface area contributed by atoms with Crippen molar-refractivity contribution in [3.63, 3.8) is 0 Å². The lowest BCUT2D eigenvalue weighted by Gasteiger charge is -2.55. The summed E-state index contributed by atoms with van der Waals surface area (Å²) in [4.78, 5) is 7.02. The zero-order valence-electron chi connectivity index (χ0n) is 16.9. The molecule has 5 nitrogen and oxygen atoms in total. The Morgan fingerprint density at radius 3 is 2.58 bits per heavy atom. The zero-order valence-corrected chi connectivity index (χ0v) is 16.9. The molecule has 3 atom stereocenters. The fourth-order valence-electron chi connectivity index (χ4n) is 5.74. The van der Waals surface area contributed by atoms with E-state index in [9.17, 15) is 0 Å². The van der Waals surface area contributed by atoms with E-state index in [2.05, 4.69) is 29.1 Å². The number of guanidine groups is 1. The van der Waals surface area contributed by atoms with E-state index in [1.54, 1.807) is 0 Å². The van der Waals surface area contributed by atoms with Crippen molar-refractivity contribution in [3.8, 4) is 0 Å². The zero-order chi connectivity index (χ0) is 18.1. The summed E-state index contributed by atoms with van der Waals surface area (Å²) < 4.78 is 12.2. The van der Waals surface area contributed by atoms with Crippen LogP contribution in [0.2, 0.25) is 0 Å². The molecule has 2 aliphatic carbocycles. The molecule has 0 bridgehead atoms. The maximum absolute atomic E-state index is 6.23. The summed E-state index contributed by atoms with van der Waals surface area (Å²) in [5.74, 6) is 2.54. The fraction of sp³-hybridized carbons (Fsp3) is 0.952. The monoisotopic (exact) mass is 363 g/mol. The van der Waals surface area contributed by atoms with Crippen molar-refractivity contribution in [2.75, 3.05) is 33.4 Å².